The molecule has 15 heterocycles. The minimum Gasteiger partial charge on any atom is -0.444 e. The lowest BCUT2D eigenvalue weighted by Crippen LogP contribution is -2.50. The van der Waals surface area contributed by atoms with Gasteiger partial charge in [0.05, 0.1) is 105 Å². The number of H-pyrrole nitrogens is 2. The average molecular weight is 2230 g/mol. The molecule has 5 saturated heterocycles. The van der Waals surface area contributed by atoms with E-state index in [0.29, 0.717) is 157 Å². The van der Waals surface area contributed by atoms with Crippen molar-refractivity contribution in [3.63, 3.8) is 0 Å². The third-order valence-electron chi connectivity index (χ3n) is 24.6. The number of fused-ring (bicyclic) bond motifs is 6. The molecule has 10 aromatic heterocycles. The van der Waals surface area contributed by atoms with Gasteiger partial charge in [0.2, 0.25) is 11.2 Å². The van der Waals surface area contributed by atoms with Crippen molar-refractivity contribution in [2.45, 2.75) is 125 Å². The van der Waals surface area contributed by atoms with Crippen molar-refractivity contribution in [2.75, 3.05) is 111 Å². The molecule has 0 atom stereocenters. The van der Waals surface area contributed by atoms with Gasteiger partial charge in [0, 0.05) is 171 Å². The molecule has 0 spiro atoms. The van der Waals surface area contributed by atoms with Gasteiger partial charge >= 0.3 is 19.3 Å². The van der Waals surface area contributed by atoms with Crippen LogP contribution < -0.4 is 24.4 Å². The summed E-state index contributed by atoms with van der Waals surface area (Å²) in [5.41, 5.74) is 11.1. The van der Waals surface area contributed by atoms with Crippen LogP contribution in [0.1, 0.15) is 99.6 Å². The number of anilines is 4. The Bertz CT molecular complexity index is 7440. The lowest BCUT2D eigenvalue weighted by atomic mass is 9.89. The maximum absolute atomic E-state index is 16.6. The number of nitrogens with one attached hydrogen (secondary N) is 2. The number of carbonyl (C=O) groups is 3. The van der Waals surface area contributed by atoms with Crippen LogP contribution in [0.15, 0.2) is 129 Å². The number of nitrogens with zero attached hydrogens (tertiary/aromatic N) is 21. The number of hydrogen-bond donors (Lipinski definition) is 2. The zero-order chi connectivity index (χ0) is 101. The lowest BCUT2D eigenvalue weighted by Gasteiger charge is -2.36. The highest BCUT2D eigenvalue weighted by molar-refractivity contribution is 9.11. The SMILES string of the molecule is C=CC(=O)N1CCN(c2nc(-c3cncs3)nc3c(F)c(-c4c(C)ccc5[nH]ncc45)c(Cl)cc23)CC1.CC(C)(C)OC(=O)N1CCN(c2nc(-c3cncs3)nc3c(F)c(Br)c(Cl)cc23)CC1.CC1(C)OB(c2cncs2)OC1(C)C.Cc1ccc2[nH]ncc2c1-c1c(Cl)cc2c(N3CCN(C(=O)OC(C)(C)C)CC3)nc(-c3cncs3)nc2c1F.Fc1c(Br)c(Cl)cc2c(N3CCCCC3)nc(Cl)nc12. The maximum atomic E-state index is 16.6. The highest BCUT2D eigenvalue weighted by Gasteiger charge is 2.52. The van der Waals surface area contributed by atoms with E-state index >= 15 is 13.2 Å². The summed E-state index contributed by atoms with van der Waals surface area (Å²) in [5, 5.41) is 19.0. The number of rotatable bonds is 11. The number of piperazine rings is 3. The Hall–Kier alpha value is -10.8. The molecule has 21 rings (SSSR count). The first-order valence-electron chi connectivity index (χ1n) is 45.1. The molecule has 142 heavy (non-hydrogen) atoms. The first-order chi connectivity index (χ1) is 67.7. The van der Waals surface area contributed by atoms with E-state index in [0.717, 1.165) is 78.3 Å². The summed E-state index contributed by atoms with van der Waals surface area (Å²) in [4.78, 5) is 105. The van der Waals surface area contributed by atoms with Gasteiger partial charge in [-0.05, 0) is 199 Å². The van der Waals surface area contributed by atoms with E-state index in [9.17, 15) is 18.8 Å². The van der Waals surface area contributed by atoms with Crippen LogP contribution in [0.25, 0.3) is 120 Å². The molecule has 46 heteroatoms. The minimum absolute atomic E-state index is 0.0474. The monoisotopic (exact) mass is 2230 g/mol. The van der Waals surface area contributed by atoms with Crippen molar-refractivity contribution >= 4 is 254 Å². The number of aromatic nitrogens is 16. The van der Waals surface area contributed by atoms with Gasteiger partial charge in [-0.1, -0.05) is 65.1 Å². The van der Waals surface area contributed by atoms with E-state index < -0.39 is 34.5 Å². The molecular weight excluding hydrogens is 2140 g/mol. The van der Waals surface area contributed by atoms with Gasteiger partial charge in [0.25, 0.3) is 0 Å². The van der Waals surface area contributed by atoms with Gasteiger partial charge in [-0.3, -0.25) is 34.9 Å². The van der Waals surface area contributed by atoms with Crippen LogP contribution in [-0.4, -0.2) is 234 Å². The van der Waals surface area contributed by atoms with E-state index in [4.69, 9.17) is 91.7 Å². The number of amides is 3. The summed E-state index contributed by atoms with van der Waals surface area (Å²) in [7, 11) is -0.257. The normalized spacial score (nSPS) is 15.6. The first kappa shape index (κ1) is 103. The Morgan fingerprint density at radius 1 is 0.437 bits per heavy atom. The number of benzene rings is 6. The van der Waals surface area contributed by atoms with Gasteiger partial charge in [0.15, 0.2) is 40.7 Å². The van der Waals surface area contributed by atoms with Crippen molar-refractivity contribution in [3.8, 4) is 54.4 Å². The number of aryl methyl sites for hydroxylation is 2. The summed E-state index contributed by atoms with van der Waals surface area (Å²) in [5.74, 6) is 1.33. The van der Waals surface area contributed by atoms with Crippen molar-refractivity contribution < 1.29 is 50.7 Å². The molecule has 6 aromatic carbocycles. The summed E-state index contributed by atoms with van der Waals surface area (Å²) >= 11 is 43.9. The van der Waals surface area contributed by atoms with Crippen LogP contribution in [0, 0.1) is 37.1 Å². The van der Waals surface area contributed by atoms with E-state index in [1.54, 1.807) is 110 Å². The average Bonchev–Trinajstić information content (AvgIpc) is 1.33. The molecule has 5 aliphatic rings. The maximum Gasteiger partial charge on any atom is 0.507 e. The Morgan fingerprint density at radius 2 is 0.782 bits per heavy atom. The Morgan fingerprint density at radius 3 is 1.14 bits per heavy atom. The first-order valence-corrected chi connectivity index (χ1v) is 52.1. The van der Waals surface area contributed by atoms with Gasteiger partial charge in [-0.25, -0.2) is 62.0 Å². The molecular formula is C96H93BBr2Cl5F4N23O7S4. The number of ether oxygens (including phenoxy) is 2. The largest absolute Gasteiger partial charge is 0.507 e. The van der Waals surface area contributed by atoms with Crippen LogP contribution in [0.5, 0.6) is 0 Å². The zero-order valence-corrected chi connectivity index (χ0v) is 89.0. The molecule has 738 valence electrons. The van der Waals surface area contributed by atoms with E-state index in [2.05, 4.69) is 109 Å². The third kappa shape index (κ3) is 21.8. The fourth-order valence-electron chi connectivity index (χ4n) is 16.8. The number of piperidine rings is 1. The topological polar surface area (TPSA) is 323 Å². The predicted molar refractivity (Wildman–Crippen MR) is 564 cm³/mol. The second-order valence-corrected chi connectivity index (χ2v) is 44.0. The summed E-state index contributed by atoms with van der Waals surface area (Å²) in [6, 6.07) is 14.5. The summed E-state index contributed by atoms with van der Waals surface area (Å²) in [6.07, 6.45) is 14.1. The van der Waals surface area contributed by atoms with Crippen LogP contribution in [0.3, 0.4) is 0 Å². The fourth-order valence-corrected chi connectivity index (χ4v) is 20.8. The number of halogens is 11. The van der Waals surface area contributed by atoms with Crippen LogP contribution in [0.2, 0.25) is 25.4 Å². The molecule has 2 N–H and O–H groups in total. The Labute approximate surface area is 871 Å². The second-order valence-electron chi connectivity index (χ2n) is 36.8. The number of aromatic amines is 2. The van der Waals surface area contributed by atoms with Crippen LogP contribution in [0.4, 0.5) is 50.4 Å². The molecule has 0 bridgehead atoms. The molecule has 0 saturated carbocycles. The van der Waals surface area contributed by atoms with E-state index in [1.807, 2.05) is 122 Å². The molecule has 0 aliphatic carbocycles. The van der Waals surface area contributed by atoms with E-state index in [1.165, 1.54) is 46.5 Å². The van der Waals surface area contributed by atoms with E-state index in [-0.39, 0.29) is 98.9 Å². The predicted octanol–water partition coefficient (Wildman–Crippen LogP) is 23.3. The molecule has 30 nitrogen and oxygen atoms in total. The molecule has 3 amide bonds. The fraction of sp³-hybridized carbons (Fsp3) is 0.344. The van der Waals surface area contributed by atoms with Crippen LogP contribution >= 0.6 is 135 Å². The smallest absolute Gasteiger partial charge is 0.444 e. The van der Waals surface area contributed by atoms with Gasteiger partial charge in [0.1, 0.15) is 56.5 Å². The van der Waals surface area contributed by atoms with Crippen molar-refractivity contribution in [1.29, 1.82) is 0 Å². The van der Waals surface area contributed by atoms with Crippen molar-refractivity contribution in [3.05, 3.63) is 189 Å². The molecule has 5 aliphatic heterocycles. The molecule has 5 fully saturated rings. The Kier molecular flexibility index (Phi) is 30.7. The standard InChI is InChI=1S/C28H27ClFN7O2S.C26H21ClFN7OS.C20H20BrClFN5O2S.C13H11BrCl2FN3.C9H14BNO2S/c1-15-5-6-19-17(12-32-35-19)21(15)22-18(29)11-16-24(23(22)30)33-25(20-13-31-14-40-20)34-26(16)36-7-9-37(10-8-36)27(38)39-28(2,3)4;1-3-20(36)34-6-8-35(9-7-34)26-15-10-17(27)22(21-14(2)4-5-18-16(21)11-30-33-18)23(28)24(15)31-25(32-26)19-12-29-13-37-19;1-20(2,3)30-19(29)28-6-4-27(5-7-28)18-11-8-12(22)14(21)15(23)16(11)25-17(26-18)13-9-24-10-31-13;14-9-8(15)6-7-11(10(9)17)18-13(16)19-12(7)20-4-2-1-3-5-20;1-8(2)9(3,4)13-10(12-8)7-5-11-6-14-7/h5-6,11-14H,7-10H2,1-4H3,(H,32,35);3-5,10-13H,1,6-9H2,2H3,(H,30,33);8-10H,4-7H2,1-3H3;6H,1-5H2;5-6H,1-4H3. The van der Waals surface area contributed by atoms with Crippen LogP contribution in [-0.2, 0) is 23.6 Å². The number of hydrogen-bond acceptors (Lipinski definition) is 29. The van der Waals surface area contributed by atoms with Gasteiger partial charge in [-0.15, -0.1) is 45.3 Å². The zero-order valence-electron chi connectivity index (χ0n) is 78.8. The Balaban J connectivity index is 0.000000127. The lowest BCUT2D eigenvalue weighted by molar-refractivity contribution is -0.126. The minimum atomic E-state index is -0.578. The van der Waals surface area contributed by atoms with Crippen molar-refractivity contribution in [2.24, 2.45) is 0 Å². The van der Waals surface area contributed by atoms with Gasteiger partial charge < -0.3 is 53.1 Å². The van der Waals surface area contributed by atoms with Gasteiger partial charge in [-0.2, -0.15) is 15.2 Å². The summed E-state index contributed by atoms with van der Waals surface area (Å²) < 4.78 is 86.6. The highest BCUT2D eigenvalue weighted by Crippen LogP contribution is 2.48. The second kappa shape index (κ2) is 42.5. The summed E-state index contributed by atoms with van der Waals surface area (Å²) in [6.45, 7) is 34.3. The molecule has 0 radical (unpaired) electrons. The number of thiazole rings is 4. The van der Waals surface area contributed by atoms with Crippen molar-refractivity contribution in [1.82, 2.24) is 94.9 Å². The third-order valence-corrected chi connectivity index (χ3v) is 31.0. The number of carbonyl (C=O) groups excluding carboxylic acids is 3. The molecule has 0 unspecified atom stereocenters. The molecule has 16 aromatic rings. The highest BCUT2D eigenvalue weighted by atomic mass is 79.9. The quantitative estimate of drug-likeness (QED) is 0.0399.